The summed E-state index contributed by atoms with van der Waals surface area (Å²) in [5.74, 6) is 0.170. The average Bonchev–Trinajstić information content (AvgIpc) is 2.67. The van der Waals surface area contributed by atoms with Crippen molar-refractivity contribution in [2.45, 2.75) is 32.1 Å². The third kappa shape index (κ3) is 7.34. The van der Waals surface area contributed by atoms with Gasteiger partial charge in [0.05, 0.1) is 0 Å². The van der Waals surface area contributed by atoms with Crippen molar-refractivity contribution in [3.8, 4) is 5.75 Å². The van der Waals surface area contributed by atoms with Crippen LogP contribution in [-0.2, 0) is 22.4 Å². The van der Waals surface area contributed by atoms with Crippen LogP contribution in [0.1, 0.15) is 30.4 Å². The summed E-state index contributed by atoms with van der Waals surface area (Å²) in [5, 5.41) is 2.73. The fourth-order valence-electron chi connectivity index (χ4n) is 2.55. The lowest BCUT2D eigenvalue weighted by molar-refractivity contribution is -0.134. The molecule has 2 rings (SSSR count). The zero-order valence-corrected chi connectivity index (χ0v) is 14.9. The first-order valence-corrected chi connectivity index (χ1v) is 8.91. The number of hydrogen-bond donors (Lipinski definition) is 1. The van der Waals surface area contributed by atoms with Crippen molar-refractivity contribution in [1.29, 1.82) is 0 Å². The number of hydrogen-bond acceptors (Lipinski definition) is 3. The molecule has 0 atom stereocenters. The highest BCUT2D eigenvalue weighted by molar-refractivity contribution is 5.86. The number of unbranched alkanes of at least 4 members (excludes halogenated alkanes) is 1. The van der Waals surface area contributed by atoms with Crippen LogP contribution in [0.15, 0.2) is 67.3 Å². The van der Waals surface area contributed by atoms with Crippen LogP contribution in [0.4, 0.5) is 0 Å². The number of rotatable bonds is 10. The van der Waals surface area contributed by atoms with E-state index in [0.717, 1.165) is 24.8 Å². The van der Waals surface area contributed by atoms with Gasteiger partial charge in [-0.05, 0) is 55.0 Å². The molecule has 2 aromatic rings. The summed E-state index contributed by atoms with van der Waals surface area (Å²) >= 11 is 0. The van der Waals surface area contributed by atoms with Gasteiger partial charge in [0.2, 0.25) is 5.91 Å². The number of aryl methyl sites for hydroxylation is 1. The maximum Gasteiger partial charge on any atom is 0.311 e. The Morgan fingerprint density at radius 1 is 0.923 bits per heavy atom. The highest BCUT2D eigenvalue weighted by Crippen LogP contribution is 2.14. The van der Waals surface area contributed by atoms with Crippen molar-refractivity contribution >= 4 is 11.9 Å². The maximum atomic E-state index is 11.9. The first kappa shape index (κ1) is 19.4. The van der Waals surface area contributed by atoms with Crippen LogP contribution in [0, 0.1) is 0 Å². The minimum atomic E-state index is -0.205. The van der Waals surface area contributed by atoms with Gasteiger partial charge >= 0.3 is 5.97 Å². The predicted molar refractivity (Wildman–Crippen MR) is 103 cm³/mol. The topological polar surface area (TPSA) is 55.4 Å². The summed E-state index contributed by atoms with van der Waals surface area (Å²) < 4.78 is 5.36. The molecular formula is C22H25NO3. The zero-order valence-electron chi connectivity index (χ0n) is 14.9. The lowest BCUT2D eigenvalue weighted by atomic mass is 10.1. The summed E-state index contributed by atoms with van der Waals surface area (Å²) in [6.45, 7) is 3.95. The van der Waals surface area contributed by atoms with Crippen LogP contribution in [0.2, 0.25) is 0 Å². The molecule has 4 heteroatoms. The minimum absolute atomic E-state index is 0.178. The van der Waals surface area contributed by atoms with E-state index < -0.39 is 0 Å². The monoisotopic (exact) mass is 351 g/mol. The van der Waals surface area contributed by atoms with E-state index in [1.54, 1.807) is 12.1 Å². The van der Waals surface area contributed by atoms with Crippen molar-refractivity contribution in [2.75, 3.05) is 6.54 Å². The summed E-state index contributed by atoms with van der Waals surface area (Å²) in [6.07, 6.45) is 5.15. The van der Waals surface area contributed by atoms with Gasteiger partial charge < -0.3 is 10.1 Å². The Balaban J connectivity index is 1.65. The largest absolute Gasteiger partial charge is 0.427 e. The molecule has 0 radical (unpaired) electrons. The molecule has 2 aromatic carbocycles. The van der Waals surface area contributed by atoms with Crippen molar-refractivity contribution in [2.24, 2.45) is 0 Å². The molecule has 0 bridgehead atoms. The molecule has 0 unspecified atom stereocenters. The summed E-state index contributed by atoms with van der Waals surface area (Å²) in [7, 11) is 0. The van der Waals surface area contributed by atoms with Crippen molar-refractivity contribution in [3.63, 3.8) is 0 Å². The minimum Gasteiger partial charge on any atom is -0.427 e. The van der Waals surface area contributed by atoms with E-state index in [4.69, 9.17) is 4.74 Å². The van der Waals surface area contributed by atoms with Gasteiger partial charge in [-0.2, -0.15) is 0 Å². The van der Waals surface area contributed by atoms with Crippen LogP contribution in [0.5, 0.6) is 5.75 Å². The van der Waals surface area contributed by atoms with Gasteiger partial charge in [0.25, 0.3) is 0 Å². The molecule has 0 heterocycles. The first-order valence-electron chi connectivity index (χ1n) is 8.91. The van der Waals surface area contributed by atoms with Gasteiger partial charge in [0, 0.05) is 13.0 Å². The Bertz CT molecular complexity index is 708. The number of amides is 1. The SMILES string of the molecule is C=CC(=O)NCCc1ccc(OC(=O)CCCCc2ccccc2)cc1. The molecule has 0 spiro atoms. The summed E-state index contributed by atoms with van der Waals surface area (Å²) in [4.78, 5) is 23.0. The average molecular weight is 351 g/mol. The Labute approximate surface area is 154 Å². The molecule has 4 nitrogen and oxygen atoms in total. The summed E-state index contributed by atoms with van der Waals surface area (Å²) in [6, 6.07) is 17.6. The second-order valence-corrected chi connectivity index (χ2v) is 6.06. The standard InChI is InChI=1S/C22H25NO3/c1-2-21(24)23-17-16-19-12-14-20(15-13-19)26-22(25)11-7-6-10-18-8-4-3-5-9-18/h2-5,8-9,12-15H,1,6-7,10-11,16-17H2,(H,23,24). The normalized spacial score (nSPS) is 10.2. The number of ether oxygens (including phenoxy) is 1. The van der Waals surface area contributed by atoms with E-state index in [-0.39, 0.29) is 11.9 Å². The molecule has 1 N–H and O–H groups in total. The molecule has 136 valence electrons. The quantitative estimate of drug-likeness (QED) is 0.306. The van der Waals surface area contributed by atoms with E-state index in [9.17, 15) is 9.59 Å². The van der Waals surface area contributed by atoms with Crippen LogP contribution < -0.4 is 10.1 Å². The van der Waals surface area contributed by atoms with Gasteiger partial charge in [0.15, 0.2) is 0 Å². The second-order valence-electron chi connectivity index (χ2n) is 6.06. The fourth-order valence-corrected chi connectivity index (χ4v) is 2.55. The number of carbonyl (C=O) groups excluding carboxylic acids is 2. The molecule has 0 saturated heterocycles. The van der Waals surface area contributed by atoms with E-state index in [1.165, 1.54) is 11.6 Å². The number of esters is 1. The fraction of sp³-hybridized carbons (Fsp3) is 0.273. The van der Waals surface area contributed by atoms with Gasteiger partial charge in [0.1, 0.15) is 5.75 Å². The van der Waals surface area contributed by atoms with Crippen molar-refractivity contribution in [3.05, 3.63) is 78.4 Å². The molecule has 1 amide bonds. The third-order valence-electron chi connectivity index (χ3n) is 3.99. The first-order chi connectivity index (χ1) is 12.7. The lowest BCUT2D eigenvalue weighted by Crippen LogP contribution is -2.23. The van der Waals surface area contributed by atoms with Crippen LogP contribution in [0.3, 0.4) is 0 Å². The third-order valence-corrected chi connectivity index (χ3v) is 3.99. The zero-order chi connectivity index (χ0) is 18.6. The molecule has 0 aromatic heterocycles. The second kappa shape index (κ2) is 10.9. The Hall–Kier alpha value is -2.88. The lowest BCUT2D eigenvalue weighted by Gasteiger charge is -2.06. The number of nitrogens with one attached hydrogen (secondary N) is 1. The van der Waals surface area contributed by atoms with Crippen LogP contribution in [-0.4, -0.2) is 18.4 Å². The molecule has 0 aliphatic carbocycles. The number of carbonyl (C=O) groups is 2. The molecule has 0 aliphatic rings. The van der Waals surface area contributed by atoms with E-state index in [1.807, 2.05) is 30.3 Å². The molecule has 0 fully saturated rings. The Kier molecular flexibility index (Phi) is 8.13. The maximum absolute atomic E-state index is 11.9. The smallest absolute Gasteiger partial charge is 0.311 e. The molecule has 26 heavy (non-hydrogen) atoms. The van der Waals surface area contributed by atoms with E-state index in [2.05, 4.69) is 24.0 Å². The highest BCUT2D eigenvalue weighted by Gasteiger charge is 2.05. The summed E-state index contributed by atoms with van der Waals surface area (Å²) in [5.41, 5.74) is 2.36. The molecular weight excluding hydrogens is 326 g/mol. The van der Waals surface area contributed by atoms with E-state index >= 15 is 0 Å². The van der Waals surface area contributed by atoms with Gasteiger partial charge in [-0.25, -0.2) is 0 Å². The van der Waals surface area contributed by atoms with Crippen molar-refractivity contribution in [1.82, 2.24) is 5.32 Å². The molecule has 0 aliphatic heterocycles. The molecule has 0 saturated carbocycles. The predicted octanol–water partition coefficient (Wildman–Crippen LogP) is 3.85. The van der Waals surface area contributed by atoms with Gasteiger partial charge in [-0.3, -0.25) is 9.59 Å². The highest BCUT2D eigenvalue weighted by atomic mass is 16.5. The Morgan fingerprint density at radius 3 is 2.31 bits per heavy atom. The Morgan fingerprint density at radius 2 is 1.62 bits per heavy atom. The van der Waals surface area contributed by atoms with Crippen LogP contribution in [0.25, 0.3) is 0 Å². The van der Waals surface area contributed by atoms with Crippen molar-refractivity contribution < 1.29 is 14.3 Å². The van der Waals surface area contributed by atoms with Gasteiger partial charge in [-0.1, -0.05) is 49.0 Å². The number of benzene rings is 2. The van der Waals surface area contributed by atoms with Gasteiger partial charge in [-0.15, -0.1) is 0 Å². The van der Waals surface area contributed by atoms with Crippen LogP contribution >= 0.6 is 0 Å². The van der Waals surface area contributed by atoms with E-state index in [0.29, 0.717) is 25.1 Å².